The summed E-state index contributed by atoms with van der Waals surface area (Å²) in [7, 11) is 3.16. The molecule has 2 heterocycles. The van der Waals surface area contributed by atoms with Gasteiger partial charge in [-0.05, 0) is 50.1 Å². The van der Waals surface area contributed by atoms with Crippen LogP contribution in [-0.4, -0.2) is 38.0 Å². The van der Waals surface area contributed by atoms with E-state index in [1.807, 2.05) is 43.3 Å². The molecule has 8 nitrogen and oxygen atoms in total. The Morgan fingerprint density at radius 1 is 1.14 bits per heavy atom. The molecule has 1 aliphatic rings. The molecular weight excluding hydrogens is 492 g/mol. The number of thiazole rings is 1. The topological polar surface area (TPSA) is 88.4 Å². The van der Waals surface area contributed by atoms with Crippen LogP contribution in [0.2, 0.25) is 0 Å². The molecule has 37 heavy (non-hydrogen) atoms. The van der Waals surface area contributed by atoms with E-state index in [0.29, 0.717) is 44.4 Å². The second-order valence-electron chi connectivity index (χ2n) is 8.31. The largest absolute Gasteiger partial charge is 0.497 e. The van der Waals surface area contributed by atoms with Gasteiger partial charge in [0.2, 0.25) is 0 Å². The highest BCUT2D eigenvalue weighted by Crippen LogP contribution is 2.40. The third kappa shape index (κ3) is 5.17. The summed E-state index contributed by atoms with van der Waals surface area (Å²) in [5.74, 6) is 1.16. The van der Waals surface area contributed by atoms with Crippen molar-refractivity contribution in [2.45, 2.75) is 33.2 Å². The molecule has 0 N–H and O–H groups in total. The van der Waals surface area contributed by atoms with Crippen molar-refractivity contribution >= 4 is 23.4 Å². The first kappa shape index (κ1) is 26.2. The summed E-state index contributed by atoms with van der Waals surface area (Å²) in [5.41, 5.74) is 1.95. The first-order chi connectivity index (χ1) is 17.9. The maximum absolute atomic E-state index is 13.9. The molecule has 0 bridgehead atoms. The van der Waals surface area contributed by atoms with Gasteiger partial charge in [0, 0.05) is 5.56 Å². The number of ether oxygens (including phenoxy) is 4. The third-order valence-corrected chi connectivity index (χ3v) is 6.87. The highest BCUT2D eigenvalue weighted by molar-refractivity contribution is 7.07. The molecule has 3 aromatic rings. The van der Waals surface area contributed by atoms with Gasteiger partial charge in [-0.1, -0.05) is 42.5 Å². The fraction of sp³-hybridized carbons (Fsp3) is 0.321. The van der Waals surface area contributed by atoms with Crippen LogP contribution in [0.15, 0.2) is 63.5 Å². The predicted octanol–water partition coefficient (Wildman–Crippen LogP) is 3.60. The summed E-state index contributed by atoms with van der Waals surface area (Å²) in [4.78, 5) is 32.2. The van der Waals surface area contributed by atoms with Gasteiger partial charge < -0.3 is 18.9 Å². The van der Waals surface area contributed by atoms with Crippen molar-refractivity contribution in [1.29, 1.82) is 0 Å². The van der Waals surface area contributed by atoms with E-state index in [4.69, 9.17) is 18.9 Å². The van der Waals surface area contributed by atoms with Gasteiger partial charge >= 0.3 is 5.97 Å². The average Bonchev–Trinajstić information content (AvgIpc) is 3.20. The van der Waals surface area contributed by atoms with Crippen molar-refractivity contribution in [3.05, 3.63) is 84.5 Å². The zero-order valence-corrected chi connectivity index (χ0v) is 22.4. The van der Waals surface area contributed by atoms with Gasteiger partial charge in [0.1, 0.15) is 11.8 Å². The van der Waals surface area contributed by atoms with Crippen molar-refractivity contribution in [3.63, 3.8) is 0 Å². The molecule has 0 radical (unpaired) electrons. The number of rotatable bonds is 9. The predicted molar refractivity (Wildman–Crippen MR) is 142 cm³/mol. The fourth-order valence-electron chi connectivity index (χ4n) is 4.24. The molecule has 0 saturated carbocycles. The SMILES string of the molecule is CCCOc1c(OC)cccc1C1C(C(=O)OCC)=C(C)N=c2s/c(=C/c3cccc(OC)c3)c(=O)n21. The highest BCUT2D eigenvalue weighted by atomic mass is 32.1. The van der Waals surface area contributed by atoms with Gasteiger partial charge in [0.25, 0.3) is 5.56 Å². The van der Waals surface area contributed by atoms with E-state index < -0.39 is 12.0 Å². The quantitative estimate of drug-likeness (QED) is 0.399. The molecule has 0 amide bonds. The second kappa shape index (κ2) is 11.5. The smallest absolute Gasteiger partial charge is 0.338 e. The van der Waals surface area contributed by atoms with Gasteiger partial charge in [0.05, 0.1) is 43.2 Å². The van der Waals surface area contributed by atoms with E-state index in [1.165, 1.54) is 11.3 Å². The van der Waals surface area contributed by atoms with E-state index >= 15 is 0 Å². The molecular formula is C28H30N2O6S. The number of para-hydroxylation sites is 1. The van der Waals surface area contributed by atoms with Gasteiger partial charge in [-0.2, -0.15) is 0 Å². The Morgan fingerprint density at radius 2 is 1.92 bits per heavy atom. The van der Waals surface area contributed by atoms with Gasteiger partial charge in [-0.3, -0.25) is 9.36 Å². The van der Waals surface area contributed by atoms with Crippen molar-refractivity contribution < 1.29 is 23.7 Å². The molecule has 4 rings (SSSR count). The highest BCUT2D eigenvalue weighted by Gasteiger charge is 2.36. The Morgan fingerprint density at radius 3 is 2.62 bits per heavy atom. The molecule has 1 aromatic heterocycles. The number of esters is 1. The number of nitrogens with zero attached hydrogens (tertiary/aromatic N) is 2. The van der Waals surface area contributed by atoms with Crippen molar-refractivity contribution in [2.24, 2.45) is 4.99 Å². The summed E-state index contributed by atoms with van der Waals surface area (Å²) in [6.07, 6.45) is 2.58. The molecule has 0 saturated heterocycles. The third-order valence-electron chi connectivity index (χ3n) is 5.88. The monoisotopic (exact) mass is 522 g/mol. The minimum atomic E-state index is -0.801. The standard InChI is InChI=1S/C28H30N2O6S/c1-6-14-36-25-20(12-9-13-21(25)34-5)24-23(27(32)35-7-2)17(3)29-28-30(24)26(31)22(37-28)16-18-10-8-11-19(15-18)33-4/h8-13,15-16,24H,6-7,14H2,1-5H3/b22-16+. The molecule has 2 aromatic carbocycles. The molecule has 0 fully saturated rings. The number of hydrogen-bond donors (Lipinski definition) is 0. The van der Waals surface area contributed by atoms with Gasteiger partial charge in [-0.25, -0.2) is 9.79 Å². The summed E-state index contributed by atoms with van der Waals surface area (Å²) in [5, 5.41) is 0. The number of benzene rings is 2. The molecule has 0 aliphatic carbocycles. The fourth-order valence-corrected chi connectivity index (χ4v) is 5.28. The first-order valence-corrected chi connectivity index (χ1v) is 12.9. The maximum Gasteiger partial charge on any atom is 0.338 e. The lowest BCUT2D eigenvalue weighted by atomic mass is 9.94. The Bertz CT molecular complexity index is 1520. The molecule has 194 valence electrons. The van der Waals surface area contributed by atoms with E-state index in [1.54, 1.807) is 44.8 Å². The van der Waals surface area contributed by atoms with Crippen LogP contribution >= 0.6 is 11.3 Å². The molecule has 1 atom stereocenters. The number of aromatic nitrogens is 1. The van der Waals surface area contributed by atoms with Crippen LogP contribution in [0.25, 0.3) is 6.08 Å². The Balaban J connectivity index is 2.00. The van der Waals surface area contributed by atoms with Crippen LogP contribution in [0.3, 0.4) is 0 Å². The van der Waals surface area contributed by atoms with E-state index in [0.717, 1.165) is 12.0 Å². The lowest BCUT2D eigenvalue weighted by Gasteiger charge is -2.27. The number of fused-ring (bicyclic) bond motifs is 1. The lowest BCUT2D eigenvalue weighted by molar-refractivity contribution is -0.139. The Hall–Kier alpha value is -3.85. The number of carbonyl (C=O) groups is 1. The van der Waals surface area contributed by atoms with E-state index in [-0.39, 0.29) is 17.7 Å². The van der Waals surface area contributed by atoms with Crippen molar-refractivity contribution in [2.75, 3.05) is 27.4 Å². The second-order valence-corrected chi connectivity index (χ2v) is 9.32. The lowest BCUT2D eigenvalue weighted by Crippen LogP contribution is -2.40. The summed E-state index contributed by atoms with van der Waals surface area (Å²) in [6, 6.07) is 12.1. The number of allylic oxidation sites excluding steroid dienone is 1. The number of hydrogen-bond acceptors (Lipinski definition) is 8. The van der Waals surface area contributed by atoms with E-state index in [9.17, 15) is 9.59 Å². The van der Waals surface area contributed by atoms with Crippen LogP contribution in [0, 0.1) is 0 Å². The van der Waals surface area contributed by atoms with Crippen LogP contribution in [0.1, 0.15) is 44.4 Å². The average molecular weight is 523 g/mol. The minimum Gasteiger partial charge on any atom is -0.497 e. The first-order valence-electron chi connectivity index (χ1n) is 12.1. The number of carbonyl (C=O) groups excluding carboxylic acids is 1. The van der Waals surface area contributed by atoms with E-state index in [2.05, 4.69) is 4.99 Å². The zero-order chi connectivity index (χ0) is 26.5. The summed E-state index contributed by atoms with van der Waals surface area (Å²) < 4.78 is 24.4. The number of methoxy groups -OCH3 is 2. The molecule has 1 aliphatic heterocycles. The normalized spacial score (nSPS) is 15.2. The summed E-state index contributed by atoms with van der Waals surface area (Å²) >= 11 is 1.26. The van der Waals surface area contributed by atoms with Gasteiger partial charge in [0.15, 0.2) is 16.3 Å². The van der Waals surface area contributed by atoms with Gasteiger partial charge in [-0.15, -0.1) is 0 Å². The van der Waals surface area contributed by atoms with Crippen LogP contribution in [-0.2, 0) is 9.53 Å². The molecule has 1 unspecified atom stereocenters. The van der Waals surface area contributed by atoms with Crippen molar-refractivity contribution in [3.8, 4) is 17.2 Å². The molecule has 9 heteroatoms. The van der Waals surface area contributed by atoms with Crippen LogP contribution in [0.5, 0.6) is 17.2 Å². The van der Waals surface area contributed by atoms with Crippen LogP contribution < -0.4 is 29.1 Å². The molecule has 0 spiro atoms. The zero-order valence-electron chi connectivity index (χ0n) is 21.6. The summed E-state index contributed by atoms with van der Waals surface area (Å²) in [6.45, 7) is 6.14. The Labute approximate surface area is 219 Å². The minimum absolute atomic E-state index is 0.194. The van der Waals surface area contributed by atoms with Crippen LogP contribution in [0.4, 0.5) is 0 Å². The Kier molecular flexibility index (Phi) is 8.13. The van der Waals surface area contributed by atoms with Crippen molar-refractivity contribution in [1.82, 2.24) is 4.57 Å². The maximum atomic E-state index is 13.9.